The van der Waals surface area contributed by atoms with E-state index in [0.29, 0.717) is 11.1 Å². The van der Waals surface area contributed by atoms with Crippen LogP contribution in [-0.2, 0) is 42.6 Å². The molecule has 1 aliphatic rings. The Morgan fingerprint density at radius 2 is 1.30 bits per heavy atom. The molecule has 0 spiro atoms. The Morgan fingerprint density at radius 3 is 1.77 bits per heavy atom. The number of hydrogen-bond donors (Lipinski definition) is 1. The lowest BCUT2D eigenvalue weighted by molar-refractivity contribution is -0.214. The number of carbonyl (C=O) groups excluding carboxylic acids is 3. The SMILES string of the molecule is COc1cc(C2(O)c3cccnc3C(=O)OC2(C(=O)OCc2ccccc2)C(=O)OCc2ccccc2)cc(OC)c1OC. The topological polar surface area (TPSA) is 140 Å². The second-order valence-electron chi connectivity index (χ2n) is 9.72. The predicted molar refractivity (Wildman–Crippen MR) is 154 cm³/mol. The number of rotatable bonds is 10. The fraction of sp³-hybridized carbons (Fsp3) is 0.212. The standard InChI is InChI=1S/C33H29NO10/c1-39-25-17-23(18-26(40-2)28(25)41-3)32(38)24-15-10-16-34-27(24)29(35)44-33(32,30(36)42-19-21-11-6-4-7-12-21)31(37)43-20-22-13-8-5-9-14-22/h4-18,38H,19-20H2,1-3H3. The number of aliphatic hydroxyl groups is 1. The Morgan fingerprint density at radius 1 is 0.773 bits per heavy atom. The van der Waals surface area contributed by atoms with Crippen molar-refractivity contribution in [2.24, 2.45) is 0 Å². The average Bonchev–Trinajstić information content (AvgIpc) is 3.07. The molecule has 0 saturated carbocycles. The van der Waals surface area contributed by atoms with E-state index in [1.54, 1.807) is 60.7 Å². The number of esters is 3. The highest BCUT2D eigenvalue weighted by Gasteiger charge is 2.72. The molecule has 226 valence electrons. The van der Waals surface area contributed by atoms with Gasteiger partial charge in [0.05, 0.1) is 21.3 Å². The molecule has 1 atom stereocenters. The zero-order valence-electron chi connectivity index (χ0n) is 24.1. The van der Waals surface area contributed by atoms with Gasteiger partial charge in [-0.25, -0.2) is 19.4 Å². The summed E-state index contributed by atoms with van der Waals surface area (Å²) in [5.41, 5.74) is -5.39. The number of fused-ring (bicyclic) bond motifs is 1. The van der Waals surface area contributed by atoms with E-state index in [1.165, 1.54) is 51.8 Å². The lowest BCUT2D eigenvalue weighted by Crippen LogP contribution is -2.68. The van der Waals surface area contributed by atoms with Crippen molar-refractivity contribution in [1.29, 1.82) is 0 Å². The van der Waals surface area contributed by atoms with E-state index in [0.717, 1.165) is 0 Å². The van der Waals surface area contributed by atoms with E-state index >= 15 is 0 Å². The molecule has 0 saturated heterocycles. The molecule has 0 fully saturated rings. The first kappa shape index (κ1) is 30.1. The van der Waals surface area contributed by atoms with Crippen LogP contribution in [-0.4, -0.2) is 54.9 Å². The first-order valence-electron chi connectivity index (χ1n) is 13.4. The molecule has 1 aromatic heterocycles. The molecule has 44 heavy (non-hydrogen) atoms. The van der Waals surface area contributed by atoms with E-state index in [1.807, 2.05) is 0 Å². The fourth-order valence-electron chi connectivity index (χ4n) is 5.07. The second kappa shape index (κ2) is 12.4. The molecule has 3 aromatic carbocycles. The van der Waals surface area contributed by atoms with Crippen LogP contribution < -0.4 is 14.2 Å². The van der Waals surface area contributed by atoms with Crippen LogP contribution in [0.5, 0.6) is 17.2 Å². The van der Waals surface area contributed by atoms with Gasteiger partial charge in [0.15, 0.2) is 22.8 Å². The summed E-state index contributed by atoms with van der Waals surface area (Å²) in [5, 5.41) is 12.9. The number of carbonyl (C=O) groups is 3. The van der Waals surface area contributed by atoms with Gasteiger partial charge in [0.2, 0.25) is 5.75 Å². The summed E-state index contributed by atoms with van der Waals surface area (Å²) in [7, 11) is 4.11. The van der Waals surface area contributed by atoms with Crippen molar-refractivity contribution in [1.82, 2.24) is 4.98 Å². The van der Waals surface area contributed by atoms with E-state index < -0.39 is 29.1 Å². The van der Waals surface area contributed by atoms with Crippen LogP contribution in [0.15, 0.2) is 91.1 Å². The zero-order valence-corrected chi connectivity index (χ0v) is 24.1. The number of methoxy groups -OCH3 is 3. The highest BCUT2D eigenvalue weighted by Crippen LogP contribution is 2.51. The zero-order chi connectivity index (χ0) is 31.3. The third kappa shape index (κ3) is 5.07. The molecule has 1 aliphatic heterocycles. The molecule has 2 heterocycles. The van der Waals surface area contributed by atoms with Gasteiger partial charge in [-0.05, 0) is 29.3 Å². The molecule has 11 heteroatoms. The highest BCUT2D eigenvalue weighted by atomic mass is 16.6. The van der Waals surface area contributed by atoms with Gasteiger partial charge in [-0.3, -0.25) is 0 Å². The third-order valence-electron chi connectivity index (χ3n) is 7.23. The summed E-state index contributed by atoms with van der Waals surface area (Å²) >= 11 is 0. The van der Waals surface area contributed by atoms with Crippen LogP contribution in [0.3, 0.4) is 0 Å². The maximum Gasteiger partial charge on any atom is 0.366 e. The number of pyridine rings is 1. The van der Waals surface area contributed by atoms with Crippen molar-refractivity contribution in [3.05, 3.63) is 119 Å². The Labute approximate surface area is 252 Å². The maximum atomic E-state index is 14.3. The van der Waals surface area contributed by atoms with E-state index in [2.05, 4.69) is 4.98 Å². The molecule has 0 radical (unpaired) electrons. The van der Waals surface area contributed by atoms with Crippen LogP contribution in [0, 0.1) is 0 Å². The number of ether oxygens (including phenoxy) is 6. The quantitative estimate of drug-likeness (QED) is 0.162. The van der Waals surface area contributed by atoms with Crippen molar-refractivity contribution in [3.63, 3.8) is 0 Å². The van der Waals surface area contributed by atoms with E-state index in [4.69, 9.17) is 28.4 Å². The number of hydrogen-bond acceptors (Lipinski definition) is 11. The van der Waals surface area contributed by atoms with Gasteiger partial charge in [-0.2, -0.15) is 0 Å². The number of nitrogens with zero attached hydrogens (tertiary/aromatic N) is 1. The van der Waals surface area contributed by atoms with Gasteiger partial charge in [0.25, 0.3) is 0 Å². The van der Waals surface area contributed by atoms with Crippen molar-refractivity contribution < 1.29 is 47.9 Å². The number of aromatic nitrogens is 1. The monoisotopic (exact) mass is 599 g/mol. The molecule has 0 aliphatic carbocycles. The minimum atomic E-state index is -3.10. The lowest BCUT2D eigenvalue weighted by Gasteiger charge is -2.45. The van der Waals surface area contributed by atoms with Crippen LogP contribution in [0.4, 0.5) is 0 Å². The van der Waals surface area contributed by atoms with Crippen molar-refractivity contribution in [3.8, 4) is 17.2 Å². The summed E-state index contributed by atoms with van der Waals surface area (Å²) in [5.74, 6) is -3.56. The molecule has 1 N–H and O–H groups in total. The van der Waals surface area contributed by atoms with Gasteiger partial charge in [-0.15, -0.1) is 0 Å². The lowest BCUT2D eigenvalue weighted by atomic mass is 9.70. The van der Waals surface area contributed by atoms with Crippen molar-refractivity contribution >= 4 is 17.9 Å². The number of benzene rings is 3. The van der Waals surface area contributed by atoms with Crippen molar-refractivity contribution in [2.45, 2.75) is 24.4 Å². The van der Waals surface area contributed by atoms with Crippen molar-refractivity contribution in [2.75, 3.05) is 21.3 Å². The Kier molecular flexibility index (Phi) is 8.50. The maximum absolute atomic E-state index is 14.3. The summed E-state index contributed by atoms with van der Waals surface area (Å²) in [6.45, 7) is -0.619. The molecule has 0 amide bonds. The van der Waals surface area contributed by atoms with Gasteiger partial charge in [0, 0.05) is 17.3 Å². The van der Waals surface area contributed by atoms with E-state index in [9.17, 15) is 19.5 Å². The largest absolute Gasteiger partial charge is 0.493 e. The smallest absolute Gasteiger partial charge is 0.366 e. The second-order valence-corrected chi connectivity index (χ2v) is 9.72. The molecular formula is C33H29NO10. The van der Waals surface area contributed by atoms with Gasteiger partial charge in [-0.1, -0.05) is 66.7 Å². The summed E-state index contributed by atoms with van der Waals surface area (Å²) in [6, 6.07) is 22.8. The van der Waals surface area contributed by atoms with Gasteiger partial charge in [0.1, 0.15) is 13.2 Å². The summed E-state index contributed by atoms with van der Waals surface area (Å²) < 4.78 is 33.3. The molecule has 11 nitrogen and oxygen atoms in total. The minimum Gasteiger partial charge on any atom is -0.493 e. The Balaban J connectivity index is 1.74. The first-order chi connectivity index (χ1) is 21.3. The average molecular weight is 600 g/mol. The predicted octanol–water partition coefficient (Wildman–Crippen LogP) is 3.74. The molecular weight excluding hydrogens is 570 g/mol. The van der Waals surface area contributed by atoms with Crippen LogP contribution in [0.2, 0.25) is 0 Å². The molecule has 5 rings (SSSR count). The van der Waals surface area contributed by atoms with Gasteiger partial charge >= 0.3 is 23.5 Å². The van der Waals surface area contributed by atoms with Gasteiger partial charge < -0.3 is 33.5 Å². The van der Waals surface area contributed by atoms with Crippen LogP contribution in [0.25, 0.3) is 0 Å². The molecule has 0 bridgehead atoms. The number of cyclic esters (lactones) is 1. The fourth-order valence-corrected chi connectivity index (χ4v) is 5.07. The van der Waals surface area contributed by atoms with Crippen LogP contribution in [0.1, 0.15) is 32.7 Å². The first-order valence-corrected chi connectivity index (χ1v) is 13.4. The van der Waals surface area contributed by atoms with E-state index in [-0.39, 0.29) is 47.3 Å². The molecule has 1 unspecified atom stereocenters. The Hall–Kier alpha value is -5.42. The highest BCUT2D eigenvalue weighted by molar-refractivity contribution is 6.11. The summed E-state index contributed by atoms with van der Waals surface area (Å²) in [6.07, 6.45) is 1.31. The third-order valence-corrected chi connectivity index (χ3v) is 7.23. The summed E-state index contributed by atoms with van der Waals surface area (Å²) in [4.78, 5) is 46.0. The normalized spacial score (nSPS) is 16.6. The minimum absolute atomic E-state index is 0.0850. The molecule has 4 aromatic rings. The van der Waals surface area contributed by atoms with Crippen LogP contribution >= 0.6 is 0 Å². The Bertz CT molecular complexity index is 1590.